The molecule has 0 aromatic heterocycles. The molecule has 0 bridgehead atoms. The van der Waals surface area contributed by atoms with Gasteiger partial charge in [0, 0.05) is 12.1 Å². The largest absolute Gasteiger partial charge is 0.506 e. The molecule has 0 radical (unpaired) electrons. The minimum Gasteiger partial charge on any atom is -0.506 e. The molecule has 6 nitrogen and oxygen atoms in total. The zero-order valence-electron chi connectivity index (χ0n) is 12.8. The number of sulfonamides is 1. The number of aromatic hydroxyl groups is 1. The molecule has 0 heterocycles. The number of phenols is 1. The third kappa shape index (κ3) is 4.08. The Morgan fingerprint density at radius 1 is 1.13 bits per heavy atom. The highest BCUT2D eigenvalue weighted by Gasteiger charge is 2.14. The molecule has 0 atom stereocenters. The van der Waals surface area contributed by atoms with Crippen LogP contribution in [0.15, 0.2) is 47.4 Å². The van der Waals surface area contributed by atoms with Crippen molar-refractivity contribution in [3.8, 4) is 5.75 Å². The Labute approximate surface area is 135 Å². The van der Waals surface area contributed by atoms with Crippen molar-refractivity contribution in [3.63, 3.8) is 0 Å². The fourth-order valence-electron chi connectivity index (χ4n) is 2.00. The van der Waals surface area contributed by atoms with Gasteiger partial charge < -0.3 is 10.4 Å². The van der Waals surface area contributed by atoms with E-state index in [0.717, 1.165) is 5.56 Å². The maximum absolute atomic E-state index is 12.2. The monoisotopic (exact) mass is 334 g/mol. The predicted octanol–water partition coefficient (Wildman–Crippen LogP) is 2.25. The number of carbonyl (C=O) groups is 1. The van der Waals surface area contributed by atoms with Crippen LogP contribution in [0.1, 0.15) is 22.8 Å². The second-order valence-corrected chi connectivity index (χ2v) is 6.77. The van der Waals surface area contributed by atoms with Crippen LogP contribution in [-0.2, 0) is 10.0 Å². The number of aryl methyl sites for hydroxylation is 1. The Balaban J connectivity index is 2.17. The number of benzene rings is 2. The molecule has 0 saturated heterocycles. The van der Waals surface area contributed by atoms with Gasteiger partial charge in [0.1, 0.15) is 5.75 Å². The summed E-state index contributed by atoms with van der Waals surface area (Å²) in [7, 11) is -3.54. The summed E-state index contributed by atoms with van der Waals surface area (Å²) in [4.78, 5) is 12.2. The van der Waals surface area contributed by atoms with Gasteiger partial charge in [0.05, 0.1) is 10.6 Å². The Kier molecular flexibility index (Phi) is 5.02. The van der Waals surface area contributed by atoms with E-state index < -0.39 is 15.9 Å². The fraction of sp³-hybridized carbons (Fsp3) is 0.188. The normalized spacial score (nSPS) is 11.2. The van der Waals surface area contributed by atoms with Crippen LogP contribution in [0.25, 0.3) is 0 Å². The van der Waals surface area contributed by atoms with Crippen LogP contribution >= 0.6 is 0 Å². The minimum absolute atomic E-state index is 0.0234. The molecule has 2 rings (SSSR count). The first-order chi connectivity index (χ1) is 10.8. The van der Waals surface area contributed by atoms with Gasteiger partial charge >= 0.3 is 0 Å². The van der Waals surface area contributed by atoms with Gasteiger partial charge in [-0.15, -0.1) is 0 Å². The van der Waals surface area contributed by atoms with E-state index in [1.54, 1.807) is 25.1 Å². The van der Waals surface area contributed by atoms with E-state index in [1.807, 2.05) is 6.92 Å². The van der Waals surface area contributed by atoms with Crippen molar-refractivity contribution in [1.29, 1.82) is 0 Å². The Bertz CT molecular complexity index is 814. The molecule has 7 heteroatoms. The van der Waals surface area contributed by atoms with Crippen molar-refractivity contribution in [2.24, 2.45) is 0 Å². The van der Waals surface area contributed by atoms with Gasteiger partial charge in [-0.2, -0.15) is 0 Å². The van der Waals surface area contributed by atoms with E-state index in [-0.39, 0.29) is 17.2 Å². The molecule has 0 spiro atoms. The molecule has 0 unspecified atom stereocenters. The van der Waals surface area contributed by atoms with E-state index in [9.17, 15) is 18.3 Å². The molecule has 0 aliphatic rings. The molecular weight excluding hydrogens is 316 g/mol. The third-order valence-electron chi connectivity index (χ3n) is 3.16. The van der Waals surface area contributed by atoms with Gasteiger partial charge in [-0.3, -0.25) is 4.79 Å². The first-order valence-electron chi connectivity index (χ1n) is 7.04. The van der Waals surface area contributed by atoms with Gasteiger partial charge in [0.2, 0.25) is 10.0 Å². The van der Waals surface area contributed by atoms with Crippen molar-refractivity contribution in [1.82, 2.24) is 4.72 Å². The summed E-state index contributed by atoms with van der Waals surface area (Å²) in [6, 6.07) is 10.5. The predicted molar refractivity (Wildman–Crippen MR) is 88.1 cm³/mol. The number of carbonyl (C=O) groups excluding carboxylic acids is 1. The summed E-state index contributed by atoms with van der Waals surface area (Å²) in [5, 5.41) is 12.4. The molecule has 0 aliphatic heterocycles. The highest BCUT2D eigenvalue weighted by Crippen LogP contribution is 2.24. The maximum Gasteiger partial charge on any atom is 0.255 e. The number of nitrogens with one attached hydrogen (secondary N) is 2. The molecular formula is C16H18N2O4S. The molecule has 3 N–H and O–H groups in total. The third-order valence-corrected chi connectivity index (χ3v) is 4.72. The molecule has 0 fully saturated rings. The van der Waals surface area contributed by atoms with Crippen molar-refractivity contribution in [2.45, 2.75) is 18.7 Å². The molecule has 1 amide bonds. The van der Waals surface area contributed by atoms with Crippen LogP contribution < -0.4 is 10.0 Å². The van der Waals surface area contributed by atoms with E-state index in [2.05, 4.69) is 10.0 Å². The fourth-order valence-corrected chi connectivity index (χ4v) is 3.04. The number of phenolic OH excluding ortho intramolecular Hbond substituents is 1. The van der Waals surface area contributed by atoms with Gasteiger partial charge in [-0.1, -0.05) is 13.0 Å². The molecule has 122 valence electrons. The van der Waals surface area contributed by atoms with Crippen molar-refractivity contribution < 1.29 is 18.3 Å². The highest BCUT2D eigenvalue weighted by molar-refractivity contribution is 7.89. The highest BCUT2D eigenvalue weighted by atomic mass is 32.2. The van der Waals surface area contributed by atoms with Gasteiger partial charge in [-0.25, -0.2) is 13.1 Å². The lowest BCUT2D eigenvalue weighted by molar-refractivity contribution is 0.102. The average Bonchev–Trinajstić information content (AvgIpc) is 2.50. The summed E-state index contributed by atoms with van der Waals surface area (Å²) in [5.74, 6) is -0.457. The van der Waals surface area contributed by atoms with Crippen molar-refractivity contribution in [3.05, 3.63) is 53.6 Å². The second kappa shape index (κ2) is 6.80. The summed E-state index contributed by atoms with van der Waals surface area (Å²) >= 11 is 0. The molecule has 23 heavy (non-hydrogen) atoms. The number of hydrogen-bond acceptors (Lipinski definition) is 4. The van der Waals surface area contributed by atoms with E-state index >= 15 is 0 Å². The Morgan fingerprint density at radius 2 is 1.78 bits per heavy atom. The van der Waals surface area contributed by atoms with Crippen LogP contribution in [0.3, 0.4) is 0 Å². The second-order valence-electron chi connectivity index (χ2n) is 5.00. The van der Waals surface area contributed by atoms with E-state index in [4.69, 9.17) is 0 Å². The van der Waals surface area contributed by atoms with Gasteiger partial charge in [0.25, 0.3) is 5.91 Å². The van der Waals surface area contributed by atoms with Crippen molar-refractivity contribution in [2.75, 3.05) is 11.9 Å². The van der Waals surface area contributed by atoms with Gasteiger partial charge in [-0.05, 0) is 48.9 Å². The maximum atomic E-state index is 12.2. The van der Waals surface area contributed by atoms with Crippen molar-refractivity contribution >= 4 is 21.6 Å². The summed E-state index contributed by atoms with van der Waals surface area (Å²) in [6.07, 6.45) is 0. The van der Waals surface area contributed by atoms with Crippen LogP contribution in [0.5, 0.6) is 5.75 Å². The van der Waals surface area contributed by atoms with Crippen LogP contribution in [0, 0.1) is 6.92 Å². The minimum atomic E-state index is -3.54. The molecule has 2 aromatic carbocycles. The quantitative estimate of drug-likeness (QED) is 0.731. The zero-order chi connectivity index (χ0) is 17.0. The standard InChI is InChI=1S/C16H18N2O4S/c1-3-17-23(21,22)13-7-5-12(6-8-13)16(20)18-14-9-4-11(2)10-15(14)19/h4-10,17,19H,3H2,1-2H3,(H,18,20). The Morgan fingerprint density at radius 3 is 2.35 bits per heavy atom. The number of rotatable bonds is 5. The Hall–Kier alpha value is -2.38. The average molecular weight is 334 g/mol. The SMILES string of the molecule is CCNS(=O)(=O)c1ccc(C(=O)Nc2ccc(C)cc2O)cc1. The number of amides is 1. The first-order valence-corrected chi connectivity index (χ1v) is 8.52. The molecule has 0 saturated carbocycles. The van der Waals surface area contributed by atoms with E-state index in [0.29, 0.717) is 11.3 Å². The smallest absolute Gasteiger partial charge is 0.255 e. The summed E-state index contributed by atoms with van der Waals surface area (Å²) in [5.41, 5.74) is 1.46. The lowest BCUT2D eigenvalue weighted by atomic mass is 10.2. The molecule has 0 aliphatic carbocycles. The lowest BCUT2D eigenvalue weighted by Crippen LogP contribution is -2.23. The van der Waals surface area contributed by atoms with Gasteiger partial charge in [0.15, 0.2) is 0 Å². The topological polar surface area (TPSA) is 95.5 Å². The van der Waals surface area contributed by atoms with Crippen LogP contribution in [0.2, 0.25) is 0 Å². The van der Waals surface area contributed by atoms with Crippen LogP contribution in [-0.4, -0.2) is 26.0 Å². The lowest BCUT2D eigenvalue weighted by Gasteiger charge is -2.09. The number of hydrogen-bond donors (Lipinski definition) is 3. The zero-order valence-corrected chi connectivity index (χ0v) is 13.6. The number of anilines is 1. The first kappa shape index (κ1) is 17.0. The summed E-state index contributed by atoms with van der Waals surface area (Å²) < 4.78 is 26.1. The van der Waals surface area contributed by atoms with Crippen LogP contribution in [0.4, 0.5) is 5.69 Å². The summed E-state index contributed by atoms with van der Waals surface area (Å²) in [6.45, 7) is 3.81. The molecule has 2 aromatic rings. The van der Waals surface area contributed by atoms with E-state index in [1.165, 1.54) is 24.3 Å².